The molecular weight excluding hydrogens is 416 g/mol. The number of phenolic OH excluding ortho intramolecular Hbond substituents is 1. The molecule has 0 radical (unpaired) electrons. The van der Waals surface area contributed by atoms with Crippen LogP contribution in [0.2, 0.25) is 0 Å². The van der Waals surface area contributed by atoms with Crippen LogP contribution in [-0.4, -0.2) is 22.7 Å². The van der Waals surface area contributed by atoms with E-state index in [2.05, 4.69) is 26.6 Å². The van der Waals surface area contributed by atoms with Crippen LogP contribution in [-0.2, 0) is 4.79 Å². The maximum absolute atomic E-state index is 12.0. The second-order valence-corrected chi connectivity index (χ2v) is 6.64. The van der Waals surface area contributed by atoms with E-state index in [0.29, 0.717) is 11.4 Å². The average Bonchev–Trinajstić information content (AvgIpc) is 2.63. The number of anilines is 1. The molecule has 0 aliphatic carbocycles. The van der Waals surface area contributed by atoms with Gasteiger partial charge in [-0.05, 0) is 69.3 Å². The van der Waals surface area contributed by atoms with Gasteiger partial charge in [0, 0.05) is 5.69 Å². The van der Waals surface area contributed by atoms with Crippen molar-refractivity contribution in [2.75, 3.05) is 11.9 Å². The van der Waals surface area contributed by atoms with Crippen molar-refractivity contribution in [2.24, 2.45) is 0 Å². The lowest BCUT2D eigenvalue weighted by Crippen LogP contribution is -2.37. The van der Waals surface area contributed by atoms with Gasteiger partial charge in [-0.25, -0.2) is 0 Å². The number of carbonyl (C=O) groups is 1. The molecule has 0 aliphatic heterocycles. The summed E-state index contributed by atoms with van der Waals surface area (Å²) in [6, 6.07) is 18.0. The Kier molecular flexibility index (Phi) is 5.70. The van der Waals surface area contributed by atoms with Gasteiger partial charge in [-0.15, -0.1) is 0 Å². The molecule has 0 saturated heterocycles. The predicted molar refractivity (Wildman–Crippen MR) is 110 cm³/mol. The first-order chi connectivity index (χ1) is 12.5. The van der Waals surface area contributed by atoms with Crippen molar-refractivity contribution in [2.45, 2.75) is 0 Å². The molecule has 7 heteroatoms. The number of hydrogen-bond donors (Lipinski definition) is 3. The molecule has 5 nitrogen and oxygen atoms in total. The Morgan fingerprint density at radius 2 is 1.81 bits per heavy atom. The normalized spacial score (nSPS) is 10.3. The lowest BCUT2D eigenvalue weighted by Gasteiger charge is -2.12. The number of halogens is 1. The third kappa shape index (κ3) is 4.50. The highest BCUT2D eigenvalue weighted by Crippen LogP contribution is 2.32. The highest BCUT2D eigenvalue weighted by Gasteiger charge is 2.10. The first-order valence-electron chi connectivity index (χ1n) is 7.73. The standard InChI is InChI=1S/C19H15BrN2O3S/c20-18-15-4-2-1-3-12(15)5-10-16(18)25-11-17(24)22-19(26)21-13-6-8-14(23)9-7-13/h1-10,23H,11H2,(H2,21,22,24,26). The van der Waals surface area contributed by atoms with Gasteiger partial charge in [-0.1, -0.05) is 30.3 Å². The molecule has 0 bridgehead atoms. The molecule has 0 fully saturated rings. The minimum absolute atomic E-state index is 0.153. The number of hydrogen-bond acceptors (Lipinski definition) is 4. The number of fused-ring (bicyclic) bond motifs is 1. The molecular formula is C19H15BrN2O3S. The predicted octanol–water partition coefficient (Wildman–Crippen LogP) is 4.20. The summed E-state index contributed by atoms with van der Waals surface area (Å²) >= 11 is 8.61. The van der Waals surface area contributed by atoms with Gasteiger partial charge in [-0.2, -0.15) is 0 Å². The van der Waals surface area contributed by atoms with Crippen molar-refractivity contribution in [3.8, 4) is 11.5 Å². The minimum Gasteiger partial charge on any atom is -0.508 e. The first-order valence-corrected chi connectivity index (χ1v) is 8.93. The second kappa shape index (κ2) is 8.16. The number of thiocarbonyl (C=S) groups is 1. The summed E-state index contributed by atoms with van der Waals surface area (Å²) < 4.78 is 6.39. The van der Waals surface area contributed by atoms with Crippen LogP contribution < -0.4 is 15.4 Å². The molecule has 3 N–H and O–H groups in total. The van der Waals surface area contributed by atoms with E-state index in [1.807, 2.05) is 36.4 Å². The van der Waals surface area contributed by atoms with Crippen LogP contribution in [0.4, 0.5) is 5.69 Å². The maximum Gasteiger partial charge on any atom is 0.264 e. The Bertz CT molecular complexity index is 961. The lowest BCUT2D eigenvalue weighted by molar-refractivity contribution is -0.121. The molecule has 0 atom stereocenters. The van der Waals surface area contributed by atoms with Crippen LogP contribution in [0, 0.1) is 0 Å². The summed E-state index contributed by atoms with van der Waals surface area (Å²) in [5, 5.41) is 16.9. The fraction of sp³-hybridized carbons (Fsp3) is 0.0526. The third-order valence-electron chi connectivity index (χ3n) is 3.56. The van der Waals surface area contributed by atoms with Crippen molar-refractivity contribution in [3.05, 3.63) is 65.1 Å². The molecule has 0 unspecified atom stereocenters. The number of phenols is 1. The lowest BCUT2D eigenvalue weighted by atomic mass is 10.1. The molecule has 1 amide bonds. The molecule has 3 aromatic rings. The van der Waals surface area contributed by atoms with E-state index in [9.17, 15) is 9.90 Å². The Balaban J connectivity index is 1.56. The highest BCUT2D eigenvalue weighted by molar-refractivity contribution is 9.10. The number of carbonyl (C=O) groups excluding carboxylic acids is 1. The number of rotatable bonds is 4. The van der Waals surface area contributed by atoms with Gasteiger partial charge >= 0.3 is 0 Å². The summed E-state index contributed by atoms with van der Waals surface area (Å²) in [6.07, 6.45) is 0. The molecule has 0 aliphatic rings. The van der Waals surface area contributed by atoms with Gasteiger partial charge in [-0.3, -0.25) is 10.1 Å². The van der Waals surface area contributed by atoms with E-state index in [-0.39, 0.29) is 23.4 Å². The van der Waals surface area contributed by atoms with E-state index in [1.165, 1.54) is 12.1 Å². The van der Waals surface area contributed by atoms with E-state index in [1.54, 1.807) is 12.1 Å². The molecule has 0 spiro atoms. The van der Waals surface area contributed by atoms with Crippen molar-refractivity contribution in [1.29, 1.82) is 0 Å². The molecule has 0 saturated carbocycles. The SMILES string of the molecule is O=C(COc1ccc2ccccc2c1Br)NC(=S)Nc1ccc(O)cc1. The molecule has 26 heavy (non-hydrogen) atoms. The van der Waals surface area contributed by atoms with Crippen LogP contribution in [0.1, 0.15) is 0 Å². The molecule has 3 rings (SSSR count). The van der Waals surface area contributed by atoms with Crippen LogP contribution in [0.25, 0.3) is 10.8 Å². The Morgan fingerprint density at radius 1 is 1.08 bits per heavy atom. The van der Waals surface area contributed by atoms with Gasteiger partial charge in [0.2, 0.25) is 0 Å². The largest absolute Gasteiger partial charge is 0.508 e. The van der Waals surface area contributed by atoms with E-state index < -0.39 is 0 Å². The Morgan fingerprint density at radius 3 is 2.58 bits per heavy atom. The zero-order valence-electron chi connectivity index (χ0n) is 13.5. The summed E-state index contributed by atoms with van der Waals surface area (Å²) in [6.45, 7) is -0.172. The Labute approximate surface area is 164 Å². The fourth-order valence-corrected chi connectivity index (χ4v) is 3.18. The number of nitrogens with one attached hydrogen (secondary N) is 2. The van der Waals surface area contributed by atoms with Gasteiger partial charge in [0.25, 0.3) is 5.91 Å². The number of ether oxygens (including phenoxy) is 1. The van der Waals surface area contributed by atoms with Crippen molar-refractivity contribution in [1.82, 2.24) is 5.32 Å². The zero-order chi connectivity index (χ0) is 18.5. The number of aromatic hydroxyl groups is 1. The van der Waals surface area contributed by atoms with Gasteiger partial charge in [0.05, 0.1) is 4.47 Å². The van der Waals surface area contributed by atoms with Crippen LogP contribution in [0.15, 0.2) is 65.1 Å². The van der Waals surface area contributed by atoms with Crippen LogP contribution >= 0.6 is 28.1 Å². The maximum atomic E-state index is 12.0. The fourth-order valence-electron chi connectivity index (χ4n) is 2.34. The van der Waals surface area contributed by atoms with Crippen molar-refractivity contribution < 1.29 is 14.6 Å². The number of amides is 1. The first kappa shape index (κ1) is 18.2. The van der Waals surface area contributed by atoms with Crippen LogP contribution in [0.5, 0.6) is 11.5 Å². The monoisotopic (exact) mass is 430 g/mol. The smallest absolute Gasteiger partial charge is 0.264 e. The van der Waals surface area contributed by atoms with Crippen molar-refractivity contribution in [3.63, 3.8) is 0 Å². The Hall–Kier alpha value is -2.64. The summed E-state index contributed by atoms with van der Waals surface area (Å²) in [5.74, 6) is 0.359. The summed E-state index contributed by atoms with van der Waals surface area (Å²) in [7, 11) is 0. The van der Waals surface area contributed by atoms with Gasteiger partial charge in [0.1, 0.15) is 11.5 Å². The summed E-state index contributed by atoms with van der Waals surface area (Å²) in [4.78, 5) is 12.0. The van der Waals surface area contributed by atoms with E-state index in [0.717, 1.165) is 15.2 Å². The summed E-state index contributed by atoms with van der Waals surface area (Å²) in [5.41, 5.74) is 0.659. The topological polar surface area (TPSA) is 70.6 Å². The van der Waals surface area contributed by atoms with E-state index in [4.69, 9.17) is 17.0 Å². The van der Waals surface area contributed by atoms with Gasteiger partial charge in [0.15, 0.2) is 11.7 Å². The van der Waals surface area contributed by atoms with Crippen LogP contribution in [0.3, 0.4) is 0 Å². The highest BCUT2D eigenvalue weighted by atomic mass is 79.9. The second-order valence-electron chi connectivity index (χ2n) is 5.44. The van der Waals surface area contributed by atoms with Gasteiger partial charge < -0.3 is 15.2 Å². The third-order valence-corrected chi connectivity index (χ3v) is 4.59. The minimum atomic E-state index is -0.374. The molecule has 0 heterocycles. The number of benzene rings is 3. The molecule has 3 aromatic carbocycles. The molecule has 0 aromatic heterocycles. The zero-order valence-corrected chi connectivity index (χ0v) is 15.9. The van der Waals surface area contributed by atoms with E-state index >= 15 is 0 Å². The average molecular weight is 431 g/mol. The van der Waals surface area contributed by atoms with Crippen molar-refractivity contribution >= 4 is 55.6 Å². The molecule has 132 valence electrons. The quantitative estimate of drug-likeness (QED) is 0.427.